The molecule has 1 amide bonds. The molecule has 0 saturated heterocycles. The summed E-state index contributed by atoms with van der Waals surface area (Å²) in [7, 11) is 1.37. The topological polar surface area (TPSA) is 109 Å². The van der Waals surface area contributed by atoms with Crippen LogP contribution in [0.15, 0.2) is 72.8 Å². The minimum absolute atomic E-state index is 0.165. The molecule has 1 fully saturated rings. The molecule has 0 aromatic heterocycles. The maximum atomic E-state index is 13.3. The lowest BCUT2D eigenvalue weighted by Crippen LogP contribution is -2.34. The lowest BCUT2D eigenvalue weighted by Gasteiger charge is -2.16. The highest BCUT2D eigenvalue weighted by Gasteiger charge is 2.32. The fraction of sp³-hybridized carbons (Fsp3) is 0.417. The van der Waals surface area contributed by atoms with E-state index in [2.05, 4.69) is 5.32 Å². The van der Waals surface area contributed by atoms with E-state index >= 15 is 0 Å². The van der Waals surface area contributed by atoms with E-state index in [1.807, 2.05) is 54.6 Å². The summed E-state index contributed by atoms with van der Waals surface area (Å²) in [6.07, 6.45) is 5.18. The minimum Gasteiger partial charge on any atom is -0.494 e. The van der Waals surface area contributed by atoms with Crippen molar-refractivity contribution >= 4 is 17.8 Å². The van der Waals surface area contributed by atoms with E-state index in [9.17, 15) is 14.4 Å². The fourth-order valence-corrected chi connectivity index (χ4v) is 5.24. The molecule has 1 saturated carbocycles. The van der Waals surface area contributed by atoms with Crippen molar-refractivity contribution in [1.29, 1.82) is 0 Å². The van der Waals surface area contributed by atoms with Gasteiger partial charge in [0.15, 0.2) is 0 Å². The van der Waals surface area contributed by atoms with Gasteiger partial charge in [-0.1, -0.05) is 30.3 Å². The Morgan fingerprint density at radius 1 is 0.800 bits per heavy atom. The Balaban J connectivity index is 1.23. The Bertz CT molecular complexity index is 1380. The van der Waals surface area contributed by atoms with Gasteiger partial charge in [0, 0.05) is 6.04 Å². The molecule has 1 aliphatic carbocycles. The number of hydrogen-bond acceptors (Lipinski definition) is 8. The first-order valence-corrected chi connectivity index (χ1v) is 15.7. The number of esters is 2. The van der Waals surface area contributed by atoms with Crippen molar-refractivity contribution in [2.24, 2.45) is 5.92 Å². The summed E-state index contributed by atoms with van der Waals surface area (Å²) in [5.74, 6) is 0.751. The van der Waals surface area contributed by atoms with Crippen LogP contribution in [0.25, 0.3) is 0 Å². The molecule has 0 bridgehead atoms. The van der Waals surface area contributed by atoms with Crippen LogP contribution in [0.2, 0.25) is 0 Å². The van der Waals surface area contributed by atoms with Gasteiger partial charge in [0.1, 0.15) is 17.2 Å². The van der Waals surface area contributed by atoms with E-state index in [1.54, 1.807) is 19.1 Å². The Hall–Kier alpha value is -4.53. The zero-order valence-electron chi connectivity index (χ0n) is 26.1. The molecule has 2 atom stereocenters. The van der Waals surface area contributed by atoms with E-state index in [0.717, 1.165) is 42.7 Å². The number of amides is 1. The second-order valence-corrected chi connectivity index (χ2v) is 10.9. The number of hydrogen-bond donors (Lipinski definition) is 1. The number of unbranched alkanes of at least 4 members (excludes halogenated alkanes) is 1. The number of ether oxygens (including phenoxy) is 5. The standard InChI is InChI=1S/C36H43NO8/c1-3-42-36(40)28-16-20-33(32(25-28)34(38)37-29-17-15-27(24-29)35(39)41-2)45-23-9-10-26-13-18-31(19-14-26)44-22-8-7-21-43-30-11-5-4-6-12-30/h4-6,11-14,16,18-20,25,27,29H,3,7-10,15,17,21-24H2,1-2H3,(H,37,38)/t27-,29+/m0/s1. The Labute approximate surface area is 265 Å². The van der Waals surface area contributed by atoms with Crippen LogP contribution in [0.5, 0.6) is 17.2 Å². The molecule has 4 rings (SSSR count). The van der Waals surface area contributed by atoms with Gasteiger partial charge < -0.3 is 29.0 Å². The zero-order valence-corrected chi connectivity index (χ0v) is 26.1. The number of nitrogens with one attached hydrogen (secondary N) is 1. The maximum Gasteiger partial charge on any atom is 0.338 e. The monoisotopic (exact) mass is 617 g/mol. The first kappa shape index (κ1) is 33.4. The van der Waals surface area contributed by atoms with Crippen LogP contribution >= 0.6 is 0 Å². The van der Waals surface area contributed by atoms with Crippen LogP contribution in [0.4, 0.5) is 0 Å². The largest absolute Gasteiger partial charge is 0.494 e. The highest BCUT2D eigenvalue weighted by atomic mass is 16.5. The first-order valence-electron chi connectivity index (χ1n) is 15.7. The number of aryl methyl sites for hydroxylation is 1. The van der Waals surface area contributed by atoms with Gasteiger partial charge >= 0.3 is 11.9 Å². The minimum atomic E-state index is -0.505. The summed E-state index contributed by atoms with van der Waals surface area (Å²) >= 11 is 0. The third kappa shape index (κ3) is 10.6. The van der Waals surface area contributed by atoms with Crippen LogP contribution in [-0.4, -0.2) is 57.4 Å². The molecule has 0 aliphatic heterocycles. The van der Waals surface area contributed by atoms with Crippen molar-refractivity contribution in [3.8, 4) is 17.2 Å². The Morgan fingerprint density at radius 2 is 1.49 bits per heavy atom. The van der Waals surface area contributed by atoms with Crippen LogP contribution in [-0.2, 0) is 20.7 Å². The SMILES string of the molecule is CCOC(=O)c1ccc(OCCCc2ccc(OCCCCOc3ccccc3)cc2)c(C(=O)N[C@@H]2CC[C@H](C(=O)OC)C2)c1. The summed E-state index contributed by atoms with van der Waals surface area (Å²) in [5, 5.41) is 3.00. The molecule has 0 radical (unpaired) electrons. The van der Waals surface area contributed by atoms with Crippen molar-refractivity contribution in [2.45, 2.75) is 57.9 Å². The lowest BCUT2D eigenvalue weighted by molar-refractivity contribution is -0.145. The van der Waals surface area contributed by atoms with Gasteiger partial charge in [-0.15, -0.1) is 0 Å². The molecule has 240 valence electrons. The van der Waals surface area contributed by atoms with E-state index < -0.39 is 5.97 Å². The van der Waals surface area contributed by atoms with Crippen molar-refractivity contribution in [2.75, 3.05) is 33.5 Å². The predicted molar refractivity (Wildman–Crippen MR) is 170 cm³/mol. The summed E-state index contributed by atoms with van der Waals surface area (Å²) in [5.41, 5.74) is 1.69. The van der Waals surface area contributed by atoms with Gasteiger partial charge in [-0.05, 0) is 99.9 Å². The molecular weight excluding hydrogens is 574 g/mol. The molecule has 45 heavy (non-hydrogen) atoms. The summed E-state index contributed by atoms with van der Waals surface area (Å²) in [4.78, 5) is 37.6. The average molecular weight is 618 g/mol. The van der Waals surface area contributed by atoms with E-state index in [1.165, 1.54) is 13.2 Å². The molecule has 9 heteroatoms. The molecule has 1 aliphatic rings. The summed E-state index contributed by atoms with van der Waals surface area (Å²) < 4.78 is 27.6. The van der Waals surface area contributed by atoms with Gasteiger partial charge in [-0.2, -0.15) is 0 Å². The number of rotatable bonds is 17. The smallest absolute Gasteiger partial charge is 0.338 e. The third-order valence-electron chi connectivity index (χ3n) is 7.65. The predicted octanol–water partition coefficient (Wildman–Crippen LogP) is 6.18. The lowest BCUT2D eigenvalue weighted by atomic mass is 10.1. The van der Waals surface area contributed by atoms with Gasteiger partial charge in [0.25, 0.3) is 5.91 Å². The second-order valence-electron chi connectivity index (χ2n) is 10.9. The van der Waals surface area contributed by atoms with E-state index in [-0.39, 0.29) is 41.6 Å². The molecule has 0 unspecified atom stereocenters. The zero-order chi connectivity index (χ0) is 31.9. The van der Waals surface area contributed by atoms with Gasteiger partial charge in [0.2, 0.25) is 0 Å². The van der Waals surface area contributed by atoms with Gasteiger partial charge in [0.05, 0.1) is 50.6 Å². The van der Waals surface area contributed by atoms with Crippen LogP contribution in [0.3, 0.4) is 0 Å². The summed E-state index contributed by atoms with van der Waals surface area (Å²) in [6, 6.07) is 22.4. The fourth-order valence-electron chi connectivity index (χ4n) is 5.24. The van der Waals surface area contributed by atoms with Crippen LogP contribution < -0.4 is 19.5 Å². The van der Waals surface area contributed by atoms with Crippen molar-refractivity contribution < 1.29 is 38.1 Å². The van der Waals surface area contributed by atoms with Gasteiger partial charge in [-0.3, -0.25) is 9.59 Å². The average Bonchev–Trinajstić information content (AvgIpc) is 3.54. The van der Waals surface area contributed by atoms with E-state index in [4.69, 9.17) is 23.7 Å². The first-order chi connectivity index (χ1) is 22.0. The molecule has 0 spiro atoms. The summed E-state index contributed by atoms with van der Waals surface area (Å²) in [6.45, 7) is 3.63. The number of para-hydroxylation sites is 1. The number of carbonyl (C=O) groups excluding carboxylic acids is 3. The van der Waals surface area contributed by atoms with E-state index in [0.29, 0.717) is 44.8 Å². The second kappa shape index (κ2) is 17.7. The number of benzene rings is 3. The van der Waals surface area contributed by atoms with Crippen LogP contribution in [0.1, 0.15) is 71.7 Å². The quantitative estimate of drug-likeness (QED) is 0.141. The molecule has 0 heterocycles. The molecular formula is C36H43NO8. The highest BCUT2D eigenvalue weighted by Crippen LogP contribution is 2.28. The Morgan fingerprint density at radius 3 is 2.18 bits per heavy atom. The molecule has 3 aromatic rings. The highest BCUT2D eigenvalue weighted by molar-refractivity contribution is 6.00. The van der Waals surface area contributed by atoms with Crippen molar-refractivity contribution in [3.63, 3.8) is 0 Å². The number of methoxy groups -OCH3 is 1. The van der Waals surface area contributed by atoms with Gasteiger partial charge in [-0.25, -0.2) is 4.79 Å². The number of carbonyl (C=O) groups is 3. The molecule has 1 N–H and O–H groups in total. The Kier molecular flexibility index (Phi) is 13.1. The maximum absolute atomic E-state index is 13.3. The molecule has 3 aromatic carbocycles. The molecule has 9 nitrogen and oxygen atoms in total. The van der Waals surface area contributed by atoms with Crippen LogP contribution in [0, 0.1) is 5.92 Å². The van der Waals surface area contributed by atoms with Crippen molar-refractivity contribution in [3.05, 3.63) is 89.5 Å². The normalized spacial score (nSPS) is 15.6. The third-order valence-corrected chi connectivity index (χ3v) is 7.65. The van der Waals surface area contributed by atoms with Crippen molar-refractivity contribution in [1.82, 2.24) is 5.32 Å².